The van der Waals surface area contributed by atoms with E-state index in [0.717, 1.165) is 11.2 Å². The zero-order valence-corrected chi connectivity index (χ0v) is 12.9. The Morgan fingerprint density at radius 2 is 1.91 bits per heavy atom. The number of hydrogen-bond donors (Lipinski definition) is 2. The van der Waals surface area contributed by atoms with Gasteiger partial charge in [0.2, 0.25) is 11.6 Å². The van der Waals surface area contributed by atoms with Gasteiger partial charge in [0, 0.05) is 11.8 Å². The standard InChI is InChI=1S/C17H17N5O/c1-11-6-8-12(9-7-11)17(2)19-14(15(18)23-17)16-21-20-13-5-3-4-10-22(13)16/h3-10,19H,18H2,1-2H3. The van der Waals surface area contributed by atoms with Gasteiger partial charge in [-0.2, -0.15) is 0 Å². The third-order valence-electron chi connectivity index (χ3n) is 4.06. The molecule has 0 fully saturated rings. The Bertz CT molecular complexity index is 912. The number of pyridine rings is 1. The van der Waals surface area contributed by atoms with Crippen molar-refractivity contribution < 1.29 is 4.74 Å². The van der Waals surface area contributed by atoms with E-state index in [1.807, 2.05) is 60.0 Å². The smallest absolute Gasteiger partial charge is 0.214 e. The van der Waals surface area contributed by atoms with Crippen molar-refractivity contribution in [3.63, 3.8) is 0 Å². The number of aromatic nitrogens is 3. The first kappa shape index (κ1) is 13.6. The lowest BCUT2D eigenvalue weighted by Crippen LogP contribution is -2.35. The van der Waals surface area contributed by atoms with E-state index in [2.05, 4.69) is 22.4 Å². The summed E-state index contributed by atoms with van der Waals surface area (Å²) in [7, 11) is 0. The van der Waals surface area contributed by atoms with Gasteiger partial charge in [-0.1, -0.05) is 35.9 Å². The molecule has 0 amide bonds. The number of nitrogens with two attached hydrogens (primary N) is 1. The molecule has 0 bridgehead atoms. The maximum absolute atomic E-state index is 6.12. The highest BCUT2D eigenvalue weighted by atomic mass is 16.5. The van der Waals surface area contributed by atoms with Crippen molar-refractivity contribution in [2.24, 2.45) is 5.73 Å². The van der Waals surface area contributed by atoms with Gasteiger partial charge in [-0.05, 0) is 26.0 Å². The molecule has 0 aliphatic carbocycles. The quantitative estimate of drug-likeness (QED) is 0.758. The molecule has 0 radical (unpaired) electrons. The number of ether oxygens (including phenoxy) is 1. The average molecular weight is 307 g/mol. The summed E-state index contributed by atoms with van der Waals surface area (Å²) in [5, 5.41) is 11.7. The van der Waals surface area contributed by atoms with E-state index < -0.39 is 5.72 Å². The molecule has 0 spiro atoms. The molecule has 0 saturated heterocycles. The lowest BCUT2D eigenvalue weighted by Gasteiger charge is -2.26. The van der Waals surface area contributed by atoms with Gasteiger partial charge in [-0.25, -0.2) is 0 Å². The Hall–Kier alpha value is -3.02. The molecular weight excluding hydrogens is 290 g/mol. The lowest BCUT2D eigenvalue weighted by atomic mass is 10.0. The minimum atomic E-state index is -0.728. The highest BCUT2D eigenvalue weighted by molar-refractivity contribution is 5.65. The maximum atomic E-state index is 6.12. The van der Waals surface area contributed by atoms with Crippen LogP contribution in [-0.2, 0) is 10.5 Å². The fraction of sp³-hybridized carbons (Fsp3) is 0.176. The monoisotopic (exact) mass is 307 g/mol. The van der Waals surface area contributed by atoms with Crippen LogP contribution in [0, 0.1) is 6.92 Å². The summed E-state index contributed by atoms with van der Waals surface area (Å²) in [6, 6.07) is 13.9. The number of aryl methyl sites for hydroxylation is 1. The highest BCUT2D eigenvalue weighted by Gasteiger charge is 2.38. The van der Waals surface area contributed by atoms with E-state index in [1.165, 1.54) is 5.56 Å². The Labute approximate surface area is 133 Å². The van der Waals surface area contributed by atoms with Gasteiger partial charge in [0.05, 0.1) is 0 Å². The lowest BCUT2D eigenvalue weighted by molar-refractivity contribution is 0.0206. The van der Waals surface area contributed by atoms with Gasteiger partial charge < -0.3 is 15.8 Å². The van der Waals surface area contributed by atoms with Crippen LogP contribution in [0.4, 0.5) is 0 Å². The Balaban J connectivity index is 1.74. The van der Waals surface area contributed by atoms with Crippen molar-refractivity contribution in [3.05, 3.63) is 71.5 Å². The molecule has 6 heteroatoms. The molecule has 1 aliphatic rings. The van der Waals surface area contributed by atoms with E-state index >= 15 is 0 Å². The summed E-state index contributed by atoms with van der Waals surface area (Å²) in [5.74, 6) is 0.945. The predicted octanol–water partition coefficient (Wildman–Crippen LogP) is 2.12. The Kier molecular flexibility index (Phi) is 2.81. The second-order valence-corrected chi connectivity index (χ2v) is 5.82. The molecule has 4 rings (SSSR count). The van der Waals surface area contributed by atoms with Crippen LogP contribution in [0.3, 0.4) is 0 Å². The van der Waals surface area contributed by atoms with E-state index in [4.69, 9.17) is 10.5 Å². The van der Waals surface area contributed by atoms with Gasteiger partial charge in [-0.3, -0.25) is 4.40 Å². The second kappa shape index (κ2) is 4.74. The van der Waals surface area contributed by atoms with Crippen molar-refractivity contribution in [1.29, 1.82) is 0 Å². The van der Waals surface area contributed by atoms with Gasteiger partial charge in [-0.15, -0.1) is 10.2 Å². The molecule has 3 heterocycles. The summed E-state index contributed by atoms with van der Waals surface area (Å²) in [6.07, 6.45) is 1.90. The highest BCUT2D eigenvalue weighted by Crippen LogP contribution is 2.34. The molecule has 0 saturated carbocycles. The number of nitrogens with zero attached hydrogens (tertiary/aromatic N) is 3. The normalized spacial score (nSPS) is 20.6. The summed E-state index contributed by atoms with van der Waals surface area (Å²) in [4.78, 5) is 0. The molecule has 1 unspecified atom stereocenters. The predicted molar refractivity (Wildman–Crippen MR) is 86.8 cm³/mol. The van der Waals surface area contributed by atoms with Crippen LogP contribution in [0.5, 0.6) is 0 Å². The van der Waals surface area contributed by atoms with Gasteiger partial charge in [0.15, 0.2) is 11.5 Å². The molecule has 1 aliphatic heterocycles. The molecule has 23 heavy (non-hydrogen) atoms. The zero-order chi connectivity index (χ0) is 16.0. The SMILES string of the molecule is Cc1ccc(C2(C)NC(c3nnc4ccccn34)=C(N)O2)cc1. The van der Waals surface area contributed by atoms with Crippen LogP contribution in [0.15, 0.2) is 54.5 Å². The first-order valence-corrected chi connectivity index (χ1v) is 7.41. The van der Waals surface area contributed by atoms with Crippen LogP contribution in [0.25, 0.3) is 11.3 Å². The van der Waals surface area contributed by atoms with Crippen molar-refractivity contribution in [2.75, 3.05) is 0 Å². The number of benzene rings is 1. The molecule has 3 aromatic rings. The van der Waals surface area contributed by atoms with Crippen molar-refractivity contribution in [1.82, 2.24) is 19.9 Å². The Morgan fingerprint density at radius 3 is 2.70 bits per heavy atom. The van der Waals surface area contributed by atoms with Gasteiger partial charge in [0.25, 0.3) is 0 Å². The van der Waals surface area contributed by atoms with Crippen LogP contribution >= 0.6 is 0 Å². The number of fused-ring (bicyclic) bond motifs is 1. The number of hydrogen-bond acceptors (Lipinski definition) is 5. The number of nitrogens with one attached hydrogen (secondary N) is 1. The molecule has 1 aromatic carbocycles. The van der Waals surface area contributed by atoms with Crippen LogP contribution in [0.1, 0.15) is 23.9 Å². The Morgan fingerprint density at radius 1 is 1.13 bits per heavy atom. The third-order valence-corrected chi connectivity index (χ3v) is 4.06. The van der Waals surface area contributed by atoms with Crippen molar-refractivity contribution in [3.8, 4) is 0 Å². The topological polar surface area (TPSA) is 77.5 Å². The molecule has 2 aromatic heterocycles. The summed E-state index contributed by atoms with van der Waals surface area (Å²) in [5.41, 5.74) is 8.98. The summed E-state index contributed by atoms with van der Waals surface area (Å²) >= 11 is 0. The summed E-state index contributed by atoms with van der Waals surface area (Å²) in [6.45, 7) is 4.00. The minimum absolute atomic E-state index is 0.311. The fourth-order valence-corrected chi connectivity index (χ4v) is 2.78. The van der Waals surface area contributed by atoms with Crippen LogP contribution in [0.2, 0.25) is 0 Å². The largest absolute Gasteiger partial charge is 0.447 e. The van der Waals surface area contributed by atoms with E-state index in [1.54, 1.807) is 0 Å². The van der Waals surface area contributed by atoms with Gasteiger partial charge in [0.1, 0.15) is 5.70 Å². The van der Waals surface area contributed by atoms with Crippen LogP contribution in [-0.4, -0.2) is 14.6 Å². The maximum Gasteiger partial charge on any atom is 0.214 e. The van der Waals surface area contributed by atoms with Crippen molar-refractivity contribution in [2.45, 2.75) is 19.6 Å². The fourth-order valence-electron chi connectivity index (χ4n) is 2.78. The van der Waals surface area contributed by atoms with Gasteiger partial charge >= 0.3 is 0 Å². The molecule has 3 N–H and O–H groups in total. The average Bonchev–Trinajstić information content (AvgIpc) is 3.09. The van der Waals surface area contributed by atoms with Crippen LogP contribution < -0.4 is 11.1 Å². The zero-order valence-electron chi connectivity index (χ0n) is 12.9. The first-order chi connectivity index (χ1) is 11.1. The first-order valence-electron chi connectivity index (χ1n) is 7.41. The van der Waals surface area contributed by atoms with E-state index in [9.17, 15) is 0 Å². The molecule has 6 nitrogen and oxygen atoms in total. The third kappa shape index (κ3) is 2.11. The summed E-state index contributed by atoms with van der Waals surface area (Å²) < 4.78 is 7.80. The molecule has 1 atom stereocenters. The minimum Gasteiger partial charge on any atom is -0.447 e. The molecular formula is C17H17N5O. The molecule has 116 valence electrons. The number of rotatable bonds is 2. The van der Waals surface area contributed by atoms with E-state index in [0.29, 0.717) is 17.4 Å². The second-order valence-electron chi connectivity index (χ2n) is 5.82. The van der Waals surface area contributed by atoms with Crippen molar-refractivity contribution >= 4 is 11.3 Å². The van der Waals surface area contributed by atoms with E-state index in [-0.39, 0.29) is 0 Å².